The van der Waals surface area contributed by atoms with E-state index < -0.39 is 12.0 Å². The number of aromatic nitrogens is 3. The van der Waals surface area contributed by atoms with Gasteiger partial charge in [-0.1, -0.05) is 59.6 Å². The lowest BCUT2D eigenvalue weighted by Crippen LogP contribution is -2.29. The number of hydrogen-bond acceptors (Lipinski definition) is 5. The maximum Gasteiger partial charge on any atom is 0.338 e. The molecule has 1 atom stereocenters. The first-order chi connectivity index (χ1) is 13.5. The zero-order valence-corrected chi connectivity index (χ0v) is 16.6. The number of nitrogens with one attached hydrogen (secondary N) is 1. The van der Waals surface area contributed by atoms with Crippen molar-refractivity contribution in [1.29, 1.82) is 0 Å². The second-order valence-corrected chi connectivity index (χ2v) is 7.14. The van der Waals surface area contributed by atoms with Gasteiger partial charge in [-0.15, -0.1) is 5.10 Å². The van der Waals surface area contributed by atoms with Crippen molar-refractivity contribution in [3.05, 3.63) is 75.4 Å². The highest BCUT2D eigenvalue weighted by Gasteiger charge is 2.36. The van der Waals surface area contributed by atoms with Crippen molar-refractivity contribution in [1.82, 2.24) is 14.8 Å². The van der Waals surface area contributed by atoms with Gasteiger partial charge in [-0.3, -0.25) is 0 Å². The van der Waals surface area contributed by atoms with E-state index in [2.05, 4.69) is 15.4 Å². The van der Waals surface area contributed by atoms with Gasteiger partial charge in [0, 0.05) is 26.9 Å². The SMILES string of the molecule is COC(=O)C1=C(C)Nc2nc(-c3ccccc3)nn2C1c1ccc(Cl)cc1Cl. The molecule has 8 heteroatoms. The van der Waals surface area contributed by atoms with E-state index in [0.717, 1.165) is 5.56 Å². The average molecular weight is 415 g/mol. The predicted octanol–water partition coefficient (Wildman–Crippen LogP) is 4.71. The Balaban J connectivity index is 1.92. The Morgan fingerprint density at radius 1 is 1.18 bits per heavy atom. The van der Waals surface area contributed by atoms with E-state index in [1.54, 1.807) is 29.8 Å². The van der Waals surface area contributed by atoms with Crippen LogP contribution in [0.25, 0.3) is 11.4 Å². The molecule has 1 unspecified atom stereocenters. The van der Waals surface area contributed by atoms with Gasteiger partial charge in [0.15, 0.2) is 5.82 Å². The number of methoxy groups -OCH3 is 1. The van der Waals surface area contributed by atoms with Crippen molar-refractivity contribution in [2.75, 3.05) is 12.4 Å². The van der Waals surface area contributed by atoms with Crippen molar-refractivity contribution >= 4 is 35.1 Å². The summed E-state index contributed by atoms with van der Waals surface area (Å²) in [6.45, 7) is 1.80. The minimum Gasteiger partial charge on any atom is -0.466 e. The van der Waals surface area contributed by atoms with Gasteiger partial charge in [0.05, 0.1) is 12.7 Å². The van der Waals surface area contributed by atoms with E-state index >= 15 is 0 Å². The van der Waals surface area contributed by atoms with Crippen molar-refractivity contribution in [3.63, 3.8) is 0 Å². The number of anilines is 1. The zero-order chi connectivity index (χ0) is 19.8. The van der Waals surface area contributed by atoms with E-state index in [9.17, 15) is 4.79 Å². The molecule has 1 aromatic heterocycles. The number of carbonyl (C=O) groups excluding carboxylic acids is 1. The molecule has 6 nitrogen and oxygen atoms in total. The van der Waals surface area contributed by atoms with Gasteiger partial charge >= 0.3 is 5.97 Å². The van der Waals surface area contributed by atoms with E-state index in [4.69, 9.17) is 27.9 Å². The van der Waals surface area contributed by atoms with Crippen LogP contribution in [0.4, 0.5) is 5.95 Å². The number of hydrogen-bond donors (Lipinski definition) is 1. The van der Waals surface area contributed by atoms with Gasteiger partial charge < -0.3 is 10.1 Å². The van der Waals surface area contributed by atoms with Crippen molar-refractivity contribution in [2.24, 2.45) is 0 Å². The Morgan fingerprint density at radius 2 is 1.93 bits per heavy atom. The molecule has 1 N–H and O–H groups in total. The number of carbonyl (C=O) groups is 1. The summed E-state index contributed by atoms with van der Waals surface area (Å²) < 4.78 is 6.66. The molecule has 1 aliphatic heterocycles. The number of ether oxygens (including phenoxy) is 1. The third kappa shape index (κ3) is 3.15. The summed E-state index contributed by atoms with van der Waals surface area (Å²) in [5.41, 5.74) is 2.58. The summed E-state index contributed by atoms with van der Waals surface area (Å²) in [6.07, 6.45) is 0. The number of benzene rings is 2. The molecule has 0 spiro atoms. The minimum atomic E-state index is -0.599. The van der Waals surface area contributed by atoms with Crippen LogP contribution in [0.5, 0.6) is 0 Å². The summed E-state index contributed by atoms with van der Waals surface area (Å²) in [4.78, 5) is 17.2. The molecule has 3 aromatic rings. The lowest BCUT2D eigenvalue weighted by molar-refractivity contribution is -0.136. The van der Waals surface area contributed by atoms with Crippen LogP contribution in [0.1, 0.15) is 18.5 Å². The molecular weight excluding hydrogens is 399 g/mol. The molecule has 142 valence electrons. The van der Waals surface area contributed by atoms with E-state index in [-0.39, 0.29) is 0 Å². The summed E-state index contributed by atoms with van der Waals surface area (Å²) in [5, 5.41) is 8.73. The van der Waals surface area contributed by atoms with Gasteiger partial charge in [0.2, 0.25) is 5.95 Å². The molecule has 0 amide bonds. The van der Waals surface area contributed by atoms with Crippen LogP contribution in [0, 0.1) is 0 Å². The Labute approximate surface area is 171 Å². The largest absolute Gasteiger partial charge is 0.466 e. The van der Waals surface area contributed by atoms with Gasteiger partial charge in [-0.25, -0.2) is 9.48 Å². The Hall–Kier alpha value is -2.83. The van der Waals surface area contributed by atoms with Gasteiger partial charge in [-0.2, -0.15) is 4.98 Å². The number of halogens is 2. The molecule has 0 fully saturated rings. The molecule has 1 aliphatic rings. The van der Waals surface area contributed by atoms with Crippen LogP contribution in [-0.4, -0.2) is 27.8 Å². The molecule has 0 saturated heterocycles. The molecule has 0 aliphatic carbocycles. The summed E-state index contributed by atoms with van der Waals surface area (Å²) in [6, 6.07) is 14.2. The van der Waals surface area contributed by atoms with Crippen molar-refractivity contribution in [2.45, 2.75) is 13.0 Å². The smallest absolute Gasteiger partial charge is 0.338 e. The number of nitrogens with zero attached hydrogens (tertiary/aromatic N) is 3. The minimum absolute atomic E-state index is 0.406. The van der Waals surface area contributed by atoms with E-state index in [0.29, 0.717) is 38.7 Å². The van der Waals surface area contributed by atoms with Crippen molar-refractivity contribution in [3.8, 4) is 11.4 Å². The van der Waals surface area contributed by atoms with Crippen LogP contribution >= 0.6 is 23.2 Å². The van der Waals surface area contributed by atoms with Crippen LogP contribution < -0.4 is 5.32 Å². The first kappa shape index (κ1) is 18.5. The molecular formula is C20H16Cl2N4O2. The fourth-order valence-corrected chi connectivity index (χ4v) is 3.76. The van der Waals surface area contributed by atoms with Crippen LogP contribution in [0.3, 0.4) is 0 Å². The van der Waals surface area contributed by atoms with Crippen molar-refractivity contribution < 1.29 is 9.53 Å². The highest BCUT2D eigenvalue weighted by atomic mass is 35.5. The molecule has 0 saturated carbocycles. The first-order valence-corrected chi connectivity index (χ1v) is 9.28. The zero-order valence-electron chi connectivity index (χ0n) is 15.1. The third-order valence-electron chi connectivity index (χ3n) is 4.55. The third-order valence-corrected chi connectivity index (χ3v) is 5.11. The summed E-state index contributed by atoms with van der Waals surface area (Å²) in [7, 11) is 1.34. The summed E-state index contributed by atoms with van der Waals surface area (Å²) >= 11 is 12.5. The monoisotopic (exact) mass is 414 g/mol. The number of rotatable bonds is 3. The van der Waals surface area contributed by atoms with Crippen LogP contribution in [0.15, 0.2) is 59.8 Å². The summed E-state index contributed by atoms with van der Waals surface area (Å²) in [5.74, 6) is 0.584. The Bertz CT molecular complexity index is 1090. The van der Waals surface area contributed by atoms with Crippen LogP contribution in [-0.2, 0) is 9.53 Å². The molecule has 28 heavy (non-hydrogen) atoms. The molecule has 0 radical (unpaired) electrons. The second-order valence-electron chi connectivity index (χ2n) is 6.29. The number of fused-ring (bicyclic) bond motifs is 1. The van der Waals surface area contributed by atoms with E-state index in [1.807, 2.05) is 30.3 Å². The second kappa shape index (κ2) is 7.30. The van der Waals surface area contributed by atoms with Gasteiger partial charge in [0.1, 0.15) is 6.04 Å². The number of allylic oxidation sites excluding steroid dienone is 1. The standard InChI is InChI=1S/C20H16Cl2N4O2/c1-11-16(19(27)28-2)17(14-9-8-13(21)10-15(14)22)26-20(23-11)24-18(25-26)12-6-4-3-5-7-12/h3-10,17H,1-2H3,(H,23,24,25). The lowest BCUT2D eigenvalue weighted by atomic mass is 9.96. The Kier molecular flexibility index (Phi) is 4.83. The molecule has 4 rings (SSSR count). The first-order valence-electron chi connectivity index (χ1n) is 8.52. The lowest BCUT2D eigenvalue weighted by Gasteiger charge is -2.28. The maximum absolute atomic E-state index is 12.6. The fraction of sp³-hybridized carbons (Fsp3) is 0.150. The predicted molar refractivity (Wildman–Crippen MR) is 108 cm³/mol. The highest BCUT2D eigenvalue weighted by molar-refractivity contribution is 6.35. The molecule has 0 bridgehead atoms. The quantitative estimate of drug-likeness (QED) is 0.628. The topological polar surface area (TPSA) is 69.0 Å². The van der Waals surface area contributed by atoms with Gasteiger partial charge in [-0.05, 0) is 19.1 Å². The normalized spacial score (nSPS) is 15.8. The molecule has 2 aromatic carbocycles. The maximum atomic E-state index is 12.6. The van der Waals surface area contributed by atoms with Gasteiger partial charge in [0.25, 0.3) is 0 Å². The molecule has 2 heterocycles. The average Bonchev–Trinajstić information content (AvgIpc) is 3.11. The van der Waals surface area contributed by atoms with Crippen LogP contribution in [0.2, 0.25) is 10.0 Å². The number of esters is 1. The van der Waals surface area contributed by atoms with E-state index in [1.165, 1.54) is 7.11 Å². The fourth-order valence-electron chi connectivity index (χ4n) is 3.25. The Morgan fingerprint density at radius 3 is 2.61 bits per heavy atom. The highest BCUT2D eigenvalue weighted by Crippen LogP contribution is 2.39.